The van der Waals surface area contributed by atoms with E-state index in [1.807, 2.05) is 26.8 Å². The van der Waals surface area contributed by atoms with Crippen LogP contribution in [0.15, 0.2) is 12.3 Å². The third-order valence-electron chi connectivity index (χ3n) is 3.40. The van der Waals surface area contributed by atoms with Crippen molar-refractivity contribution in [3.63, 3.8) is 0 Å². The summed E-state index contributed by atoms with van der Waals surface area (Å²) in [6.07, 6.45) is 2.38. The second-order valence-electron chi connectivity index (χ2n) is 6.28. The quantitative estimate of drug-likeness (QED) is 0.906. The molecule has 0 bridgehead atoms. The van der Waals surface area contributed by atoms with Crippen LogP contribution in [0.1, 0.15) is 38.7 Å². The van der Waals surface area contributed by atoms with Gasteiger partial charge in [-0.05, 0) is 38.8 Å². The lowest BCUT2D eigenvalue weighted by molar-refractivity contribution is 0.0292. The highest BCUT2D eigenvalue weighted by molar-refractivity contribution is 5.68. The highest BCUT2D eigenvalue weighted by atomic mass is 16.6. The van der Waals surface area contributed by atoms with Gasteiger partial charge in [-0.25, -0.2) is 9.78 Å². The summed E-state index contributed by atoms with van der Waals surface area (Å²) in [7, 11) is 1.54. The summed E-state index contributed by atoms with van der Waals surface area (Å²) in [5.74, 6) is 0.666. The second-order valence-corrected chi connectivity index (χ2v) is 6.28. The van der Waals surface area contributed by atoms with Gasteiger partial charge in [0.05, 0.1) is 12.8 Å². The third-order valence-corrected chi connectivity index (χ3v) is 3.40. The average molecular weight is 293 g/mol. The largest absolute Gasteiger partial charge is 0.480 e. The van der Waals surface area contributed by atoms with Crippen molar-refractivity contribution in [1.29, 1.82) is 0 Å². The number of hydrogen-bond acceptors (Lipinski definition) is 5. The molecule has 1 atom stereocenters. The summed E-state index contributed by atoms with van der Waals surface area (Å²) in [6, 6.07) is 1.87. The van der Waals surface area contributed by atoms with Crippen LogP contribution in [0.5, 0.6) is 5.88 Å². The Morgan fingerprint density at radius 1 is 1.48 bits per heavy atom. The molecule has 2 N–H and O–H groups in total. The molecule has 1 unspecified atom stereocenters. The summed E-state index contributed by atoms with van der Waals surface area (Å²) in [5.41, 5.74) is 6.96. The molecule has 1 aliphatic heterocycles. The predicted octanol–water partition coefficient (Wildman–Crippen LogP) is 2.40. The van der Waals surface area contributed by atoms with Gasteiger partial charge < -0.3 is 20.1 Å². The van der Waals surface area contributed by atoms with Crippen LogP contribution in [-0.2, 0) is 4.74 Å². The molecule has 1 aromatic heterocycles. The number of nitrogens with zero attached hydrogens (tertiary/aromatic N) is 2. The summed E-state index contributed by atoms with van der Waals surface area (Å²) in [6.45, 7) is 6.92. The molecule has 1 aromatic rings. The molecule has 21 heavy (non-hydrogen) atoms. The van der Waals surface area contributed by atoms with E-state index in [1.165, 1.54) is 7.11 Å². The normalized spacial score (nSPS) is 18.7. The molecule has 2 heterocycles. The standard InChI is InChI=1S/C15H23N3O3/c1-15(2,3)21-14(19)18-6-5-10(9-18)11-7-12(16)13(20-4)17-8-11/h7-8,10H,5-6,9,16H2,1-4H3. The first kappa shape index (κ1) is 15.4. The molecular weight excluding hydrogens is 270 g/mol. The van der Waals surface area contributed by atoms with Crippen molar-refractivity contribution in [2.45, 2.75) is 38.7 Å². The Kier molecular flexibility index (Phi) is 4.25. The van der Waals surface area contributed by atoms with Crippen LogP contribution < -0.4 is 10.5 Å². The van der Waals surface area contributed by atoms with Gasteiger partial charge in [0, 0.05) is 25.2 Å². The molecule has 2 rings (SSSR count). The minimum Gasteiger partial charge on any atom is -0.480 e. The zero-order valence-electron chi connectivity index (χ0n) is 13.0. The van der Waals surface area contributed by atoms with Crippen LogP contribution >= 0.6 is 0 Å². The minimum atomic E-state index is -0.471. The maximum absolute atomic E-state index is 12.0. The smallest absolute Gasteiger partial charge is 0.410 e. The first-order valence-corrected chi connectivity index (χ1v) is 7.07. The zero-order chi connectivity index (χ0) is 15.6. The van der Waals surface area contributed by atoms with E-state index in [9.17, 15) is 4.79 Å². The number of likely N-dealkylation sites (tertiary alicyclic amines) is 1. The number of pyridine rings is 1. The molecule has 0 aliphatic carbocycles. The molecule has 1 saturated heterocycles. The van der Waals surface area contributed by atoms with Gasteiger partial charge in [-0.3, -0.25) is 0 Å². The third kappa shape index (κ3) is 3.77. The van der Waals surface area contributed by atoms with Gasteiger partial charge in [-0.1, -0.05) is 0 Å². The van der Waals surface area contributed by atoms with Crippen LogP contribution in [0.25, 0.3) is 0 Å². The summed E-state index contributed by atoms with van der Waals surface area (Å²) in [4.78, 5) is 18.0. The van der Waals surface area contributed by atoms with Crippen molar-refractivity contribution in [2.24, 2.45) is 0 Å². The maximum atomic E-state index is 12.0. The number of aromatic nitrogens is 1. The van der Waals surface area contributed by atoms with Crippen molar-refractivity contribution < 1.29 is 14.3 Å². The molecule has 0 spiro atoms. The summed E-state index contributed by atoms with van der Waals surface area (Å²) >= 11 is 0. The van der Waals surface area contributed by atoms with Gasteiger partial charge in [0.15, 0.2) is 0 Å². The number of amides is 1. The van der Waals surface area contributed by atoms with Gasteiger partial charge in [0.1, 0.15) is 5.60 Å². The number of rotatable bonds is 2. The second kappa shape index (κ2) is 5.79. The monoisotopic (exact) mass is 293 g/mol. The van der Waals surface area contributed by atoms with Gasteiger partial charge in [-0.2, -0.15) is 0 Å². The number of carbonyl (C=O) groups excluding carboxylic acids is 1. The van der Waals surface area contributed by atoms with E-state index in [-0.39, 0.29) is 12.0 Å². The molecule has 116 valence electrons. The summed E-state index contributed by atoms with van der Waals surface area (Å²) in [5, 5.41) is 0. The van der Waals surface area contributed by atoms with Crippen LogP contribution in [0, 0.1) is 0 Å². The van der Waals surface area contributed by atoms with Crippen LogP contribution in [0.4, 0.5) is 10.5 Å². The number of ether oxygens (including phenoxy) is 2. The van der Waals surface area contributed by atoms with Crippen molar-refractivity contribution in [2.75, 3.05) is 25.9 Å². The fourth-order valence-electron chi connectivity index (χ4n) is 2.40. The molecule has 0 aromatic carbocycles. The Hall–Kier alpha value is -1.98. The molecule has 0 saturated carbocycles. The van der Waals surface area contributed by atoms with Crippen molar-refractivity contribution >= 4 is 11.8 Å². The number of carbonyl (C=O) groups is 1. The Labute approximate surface area is 125 Å². The molecule has 1 aliphatic rings. The number of nitrogens with two attached hydrogens (primary N) is 1. The predicted molar refractivity (Wildman–Crippen MR) is 80.4 cm³/mol. The number of nitrogen functional groups attached to an aromatic ring is 1. The minimum absolute atomic E-state index is 0.234. The Morgan fingerprint density at radius 2 is 2.19 bits per heavy atom. The first-order valence-electron chi connectivity index (χ1n) is 7.07. The molecule has 6 heteroatoms. The Morgan fingerprint density at radius 3 is 2.76 bits per heavy atom. The van der Waals surface area contributed by atoms with E-state index in [0.29, 0.717) is 24.7 Å². The molecule has 6 nitrogen and oxygen atoms in total. The van der Waals surface area contributed by atoms with Gasteiger partial charge in [0.2, 0.25) is 5.88 Å². The number of anilines is 1. The zero-order valence-corrected chi connectivity index (χ0v) is 13.0. The van der Waals surface area contributed by atoms with Gasteiger partial charge in [-0.15, -0.1) is 0 Å². The lowest BCUT2D eigenvalue weighted by Gasteiger charge is -2.24. The van der Waals surface area contributed by atoms with Gasteiger partial charge in [0.25, 0.3) is 0 Å². The first-order chi connectivity index (χ1) is 9.80. The van der Waals surface area contributed by atoms with E-state index in [0.717, 1.165) is 12.0 Å². The van der Waals surface area contributed by atoms with Crippen LogP contribution in [0.2, 0.25) is 0 Å². The highest BCUT2D eigenvalue weighted by Gasteiger charge is 2.30. The summed E-state index contributed by atoms with van der Waals surface area (Å²) < 4.78 is 10.4. The van der Waals surface area contributed by atoms with E-state index in [4.69, 9.17) is 15.2 Å². The number of methoxy groups -OCH3 is 1. The Bertz CT molecular complexity index is 525. The lowest BCUT2D eigenvalue weighted by atomic mass is 10.00. The van der Waals surface area contributed by atoms with Gasteiger partial charge >= 0.3 is 6.09 Å². The van der Waals surface area contributed by atoms with Crippen molar-refractivity contribution in [3.05, 3.63) is 17.8 Å². The average Bonchev–Trinajstić information content (AvgIpc) is 2.86. The van der Waals surface area contributed by atoms with Crippen LogP contribution in [0.3, 0.4) is 0 Å². The van der Waals surface area contributed by atoms with E-state index >= 15 is 0 Å². The molecular formula is C15H23N3O3. The molecule has 1 amide bonds. The van der Waals surface area contributed by atoms with Crippen molar-refractivity contribution in [3.8, 4) is 5.88 Å². The topological polar surface area (TPSA) is 77.7 Å². The number of hydrogen-bond donors (Lipinski definition) is 1. The fraction of sp³-hybridized carbons (Fsp3) is 0.600. The van der Waals surface area contributed by atoms with E-state index < -0.39 is 5.60 Å². The molecule has 0 radical (unpaired) electrons. The van der Waals surface area contributed by atoms with E-state index in [2.05, 4.69) is 4.98 Å². The lowest BCUT2D eigenvalue weighted by Crippen LogP contribution is -2.35. The van der Waals surface area contributed by atoms with Crippen LogP contribution in [-0.4, -0.2) is 41.8 Å². The highest BCUT2D eigenvalue weighted by Crippen LogP contribution is 2.30. The Balaban J connectivity index is 2.02. The maximum Gasteiger partial charge on any atom is 0.410 e. The van der Waals surface area contributed by atoms with Crippen molar-refractivity contribution in [1.82, 2.24) is 9.88 Å². The molecule has 1 fully saturated rings. The fourth-order valence-corrected chi connectivity index (χ4v) is 2.40. The van der Waals surface area contributed by atoms with E-state index in [1.54, 1.807) is 11.1 Å². The SMILES string of the molecule is COc1ncc(C2CCN(C(=O)OC(C)(C)C)C2)cc1N.